The van der Waals surface area contributed by atoms with Gasteiger partial charge in [-0.25, -0.2) is 4.79 Å². The van der Waals surface area contributed by atoms with Crippen LogP contribution in [0.25, 0.3) is 6.08 Å². The lowest BCUT2D eigenvalue weighted by molar-refractivity contribution is -0.172. The van der Waals surface area contributed by atoms with Crippen molar-refractivity contribution in [2.75, 3.05) is 34.3 Å². The maximum Gasteiger partial charge on any atom is 0.338 e. The van der Waals surface area contributed by atoms with Gasteiger partial charge in [-0.15, -0.1) is 0 Å². The maximum absolute atomic E-state index is 14.3. The number of likely N-dealkylation sites (N-methyl/N-ethyl adjacent to an activating group) is 2. The number of hydrogen-bond acceptors (Lipinski definition) is 8. The number of carbonyl (C=O) groups is 4. The molecule has 4 unspecified atom stereocenters. The first kappa shape index (κ1) is 35.7. The van der Waals surface area contributed by atoms with Crippen LogP contribution in [0.5, 0.6) is 0 Å². The van der Waals surface area contributed by atoms with Crippen molar-refractivity contribution < 1.29 is 38.5 Å². The molecule has 1 fully saturated rings. The molecule has 0 saturated carbocycles. The summed E-state index contributed by atoms with van der Waals surface area (Å²) in [4.78, 5) is 56.2. The number of nitrogens with one attached hydrogen (secondary N) is 1. The molecule has 0 radical (unpaired) electrons. The standard InChI is InChI=1S/C40H43N3O8/c1-42(2)35(45)17-16-27-12-9-15-28(20-27)39(48)49-33-22-31(23-34-36(33)51-40(50-34)24-29-13-7-8-14-30(29)25-40)38(47)43(3)32(37(46)41-18-19-44)21-26-10-5-4-6-11-26/h4-17,20,23,32-34,36,44H,18-19,21-22,24-25H2,1-3H3,(H,41,46). The van der Waals surface area contributed by atoms with E-state index in [-0.39, 0.29) is 37.5 Å². The van der Waals surface area contributed by atoms with E-state index in [2.05, 4.69) is 5.32 Å². The summed E-state index contributed by atoms with van der Waals surface area (Å²) in [6.45, 7) is -0.186. The molecule has 51 heavy (non-hydrogen) atoms. The molecule has 266 valence electrons. The zero-order valence-corrected chi connectivity index (χ0v) is 29.0. The van der Waals surface area contributed by atoms with Crippen molar-refractivity contribution in [2.24, 2.45) is 0 Å². The minimum Gasteiger partial charge on any atom is -0.456 e. The number of rotatable bonds is 11. The van der Waals surface area contributed by atoms with Crippen molar-refractivity contribution >= 4 is 29.8 Å². The highest BCUT2D eigenvalue weighted by Crippen LogP contribution is 2.45. The Balaban J connectivity index is 1.27. The van der Waals surface area contributed by atoms with Crippen LogP contribution in [-0.2, 0) is 47.9 Å². The summed E-state index contributed by atoms with van der Waals surface area (Å²) in [6, 6.07) is 23.3. The van der Waals surface area contributed by atoms with Gasteiger partial charge in [-0.1, -0.05) is 66.7 Å². The number of amides is 3. The van der Waals surface area contributed by atoms with E-state index in [0.29, 0.717) is 24.0 Å². The van der Waals surface area contributed by atoms with E-state index in [1.807, 2.05) is 54.6 Å². The summed E-state index contributed by atoms with van der Waals surface area (Å²) < 4.78 is 19.4. The van der Waals surface area contributed by atoms with Crippen LogP contribution in [0.2, 0.25) is 0 Å². The Hall–Kier alpha value is -5.10. The lowest BCUT2D eigenvalue weighted by atomic mass is 9.90. The van der Waals surface area contributed by atoms with E-state index < -0.39 is 47.9 Å². The number of carbonyl (C=O) groups excluding carboxylic acids is 4. The van der Waals surface area contributed by atoms with Crippen molar-refractivity contribution in [3.8, 4) is 0 Å². The molecule has 0 aromatic heterocycles. The maximum atomic E-state index is 14.3. The Morgan fingerprint density at radius 1 is 0.961 bits per heavy atom. The summed E-state index contributed by atoms with van der Waals surface area (Å²) in [5.41, 5.74) is 4.34. The third-order valence-corrected chi connectivity index (χ3v) is 9.50. The molecule has 4 atom stereocenters. The van der Waals surface area contributed by atoms with Crippen molar-refractivity contribution in [1.82, 2.24) is 15.1 Å². The van der Waals surface area contributed by atoms with E-state index in [9.17, 15) is 24.3 Å². The number of ether oxygens (including phenoxy) is 3. The van der Waals surface area contributed by atoms with Gasteiger partial charge in [-0.3, -0.25) is 14.4 Å². The van der Waals surface area contributed by atoms with Crippen LogP contribution in [0.15, 0.2) is 96.6 Å². The second kappa shape index (κ2) is 15.4. The highest BCUT2D eigenvalue weighted by Gasteiger charge is 2.55. The molecule has 2 aliphatic carbocycles. The first-order valence-electron chi connectivity index (χ1n) is 17.1. The summed E-state index contributed by atoms with van der Waals surface area (Å²) >= 11 is 0. The van der Waals surface area contributed by atoms with Gasteiger partial charge < -0.3 is 34.4 Å². The molecule has 3 aromatic rings. The van der Waals surface area contributed by atoms with Crippen LogP contribution in [0.3, 0.4) is 0 Å². The lowest BCUT2D eigenvalue weighted by Gasteiger charge is -2.33. The lowest BCUT2D eigenvalue weighted by Crippen LogP contribution is -2.51. The average Bonchev–Trinajstić information content (AvgIpc) is 3.69. The van der Waals surface area contributed by atoms with Crippen molar-refractivity contribution in [3.63, 3.8) is 0 Å². The van der Waals surface area contributed by atoms with Crippen molar-refractivity contribution in [2.45, 2.75) is 55.8 Å². The predicted octanol–water partition coefficient (Wildman–Crippen LogP) is 3.10. The van der Waals surface area contributed by atoms with Crippen LogP contribution in [0, 0.1) is 0 Å². The fourth-order valence-corrected chi connectivity index (χ4v) is 6.85. The first-order chi connectivity index (χ1) is 24.6. The Kier molecular flexibility index (Phi) is 10.8. The third-order valence-electron chi connectivity index (χ3n) is 9.50. The molecule has 1 aliphatic heterocycles. The monoisotopic (exact) mass is 693 g/mol. The fourth-order valence-electron chi connectivity index (χ4n) is 6.85. The number of hydrogen-bond donors (Lipinski definition) is 2. The Labute approximate surface area is 297 Å². The fraction of sp³-hybridized carbons (Fsp3) is 0.350. The molecule has 3 aromatic carbocycles. The van der Waals surface area contributed by atoms with Crippen LogP contribution in [-0.4, -0.2) is 103 Å². The molecule has 1 spiro atoms. The second-order valence-corrected chi connectivity index (χ2v) is 13.4. The molecule has 2 N–H and O–H groups in total. The normalized spacial score (nSPS) is 20.6. The van der Waals surface area contributed by atoms with Crippen LogP contribution < -0.4 is 5.32 Å². The second-order valence-electron chi connectivity index (χ2n) is 13.4. The molecule has 1 heterocycles. The van der Waals surface area contributed by atoms with Gasteiger partial charge in [-0.05, 0) is 46.5 Å². The Morgan fingerprint density at radius 3 is 2.35 bits per heavy atom. The number of benzene rings is 3. The van der Waals surface area contributed by atoms with Gasteiger partial charge in [0.2, 0.25) is 17.7 Å². The van der Waals surface area contributed by atoms with Gasteiger partial charge in [0.1, 0.15) is 24.4 Å². The van der Waals surface area contributed by atoms with Crippen LogP contribution in [0.1, 0.15) is 39.0 Å². The molecular weight excluding hydrogens is 650 g/mol. The number of nitrogens with zero attached hydrogens (tertiary/aromatic N) is 2. The SMILES string of the molecule is CN(C)C(=O)C=Cc1cccc(C(=O)OC2CC(C(=O)N(C)C(Cc3ccccc3)C(=O)NCCO)=CC3OC4(Cc5ccccc5C4)OC32)c1. The van der Waals surface area contributed by atoms with E-state index in [1.165, 1.54) is 15.9 Å². The van der Waals surface area contributed by atoms with Gasteiger partial charge in [0.25, 0.3) is 0 Å². The summed E-state index contributed by atoms with van der Waals surface area (Å²) in [5.74, 6) is -2.59. The van der Waals surface area contributed by atoms with Crippen molar-refractivity contribution in [1.29, 1.82) is 0 Å². The quantitative estimate of drug-likeness (QED) is 0.231. The summed E-state index contributed by atoms with van der Waals surface area (Å²) in [6.07, 6.45) is 3.85. The first-order valence-corrected chi connectivity index (χ1v) is 17.1. The number of esters is 1. The minimum absolute atomic E-state index is 0.0374. The molecular formula is C40H43N3O8. The average molecular weight is 694 g/mol. The van der Waals surface area contributed by atoms with Crippen LogP contribution >= 0.6 is 0 Å². The van der Waals surface area contributed by atoms with E-state index in [4.69, 9.17) is 14.2 Å². The summed E-state index contributed by atoms with van der Waals surface area (Å²) in [7, 11) is 4.88. The molecule has 3 amide bonds. The van der Waals surface area contributed by atoms with Gasteiger partial charge in [0.15, 0.2) is 5.79 Å². The highest BCUT2D eigenvalue weighted by atomic mass is 16.8. The topological polar surface area (TPSA) is 135 Å². The van der Waals surface area contributed by atoms with Gasteiger partial charge in [0.05, 0.1) is 12.2 Å². The summed E-state index contributed by atoms with van der Waals surface area (Å²) in [5, 5.41) is 12.1. The van der Waals surface area contributed by atoms with E-state index >= 15 is 0 Å². The zero-order valence-electron chi connectivity index (χ0n) is 29.0. The van der Waals surface area contributed by atoms with Gasteiger partial charge in [-0.2, -0.15) is 0 Å². The molecule has 11 heteroatoms. The molecule has 11 nitrogen and oxygen atoms in total. The molecule has 0 bridgehead atoms. The number of aliphatic hydroxyl groups excluding tert-OH is 1. The highest BCUT2D eigenvalue weighted by molar-refractivity contribution is 5.97. The number of fused-ring (bicyclic) bond motifs is 2. The van der Waals surface area contributed by atoms with E-state index in [1.54, 1.807) is 57.6 Å². The van der Waals surface area contributed by atoms with Gasteiger partial charge in [0, 0.05) is 65.0 Å². The van der Waals surface area contributed by atoms with Gasteiger partial charge >= 0.3 is 5.97 Å². The Bertz CT molecular complexity index is 1810. The Morgan fingerprint density at radius 2 is 1.67 bits per heavy atom. The zero-order chi connectivity index (χ0) is 36.1. The van der Waals surface area contributed by atoms with Crippen molar-refractivity contribution in [3.05, 3.63) is 124 Å². The minimum atomic E-state index is -0.978. The molecule has 6 rings (SSSR count). The van der Waals surface area contributed by atoms with Crippen LogP contribution in [0.4, 0.5) is 0 Å². The smallest absolute Gasteiger partial charge is 0.338 e. The predicted molar refractivity (Wildman–Crippen MR) is 189 cm³/mol. The number of aliphatic hydroxyl groups is 1. The largest absolute Gasteiger partial charge is 0.456 e. The molecule has 3 aliphatic rings. The third kappa shape index (κ3) is 8.12. The molecule has 1 saturated heterocycles. The van der Waals surface area contributed by atoms with E-state index in [0.717, 1.165) is 16.7 Å².